The van der Waals surface area contributed by atoms with Crippen LogP contribution in [0.2, 0.25) is 0 Å². The number of amides is 4. The minimum absolute atomic E-state index is 0.0410. The number of oxime groups is 1. The predicted molar refractivity (Wildman–Crippen MR) is 149 cm³/mol. The summed E-state index contributed by atoms with van der Waals surface area (Å²) < 4.78 is 5.50. The molecule has 0 radical (unpaired) electrons. The fourth-order valence-electron chi connectivity index (χ4n) is 4.90. The number of carbonyl (C=O) groups excluding carboxylic acids is 4. The van der Waals surface area contributed by atoms with Crippen molar-refractivity contribution in [3.05, 3.63) is 59.7 Å². The first kappa shape index (κ1) is 29.0. The number of likely N-dealkylation sites (tertiary alicyclic amines) is 1. The van der Waals surface area contributed by atoms with Gasteiger partial charge < -0.3 is 35.2 Å². The van der Waals surface area contributed by atoms with Crippen molar-refractivity contribution in [3.8, 4) is 0 Å². The number of anilines is 2. The van der Waals surface area contributed by atoms with Crippen LogP contribution in [0.25, 0.3) is 0 Å². The zero-order valence-electron chi connectivity index (χ0n) is 23.0. The van der Waals surface area contributed by atoms with Crippen LogP contribution in [-0.2, 0) is 29.0 Å². The minimum atomic E-state index is -1.79. The Kier molecular flexibility index (Phi) is 8.95. The topological polar surface area (TPSA) is 162 Å². The molecule has 14 nitrogen and oxygen atoms in total. The molecule has 3 aliphatic rings. The van der Waals surface area contributed by atoms with Gasteiger partial charge in [-0.2, -0.15) is 0 Å². The van der Waals surface area contributed by atoms with Gasteiger partial charge in [-0.3, -0.25) is 19.2 Å². The standard InChI is InChI=1S/C28H32N6O8/c1-32(16-22(35)33-11-2-3-12-33)27(38)19-5-4-6-21(15-19)34-13-14-40-24(28(34)39)23(36)26(37)30-20-9-7-18(8-10-20)25-29-17-41-42-31-25/h4-10,15,23-24,36H,2-3,11-14,16-17H2,1H3,(H,29,31)(H,30,37)/t23-,24-/m1/s1. The summed E-state index contributed by atoms with van der Waals surface area (Å²) in [7, 11) is 1.56. The monoisotopic (exact) mass is 580 g/mol. The summed E-state index contributed by atoms with van der Waals surface area (Å²) in [5, 5.41) is 19.9. The number of aliphatic hydroxyl groups excluding tert-OH is 1. The fraction of sp³-hybridized carbons (Fsp3) is 0.393. The normalized spacial score (nSPS) is 19.3. The molecule has 0 saturated carbocycles. The molecule has 0 bridgehead atoms. The van der Waals surface area contributed by atoms with Crippen LogP contribution in [0, 0.1) is 0 Å². The van der Waals surface area contributed by atoms with E-state index < -0.39 is 24.0 Å². The summed E-state index contributed by atoms with van der Waals surface area (Å²) in [6.07, 6.45) is -1.31. The average Bonchev–Trinajstić information content (AvgIpc) is 3.57. The molecule has 42 heavy (non-hydrogen) atoms. The van der Waals surface area contributed by atoms with Gasteiger partial charge in [0.2, 0.25) is 5.91 Å². The van der Waals surface area contributed by atoms with Gasteiger partial charge in [-0.1, -0.05) is 6.07 Å². The SMILES string of the molecule is CN(CC(=O)N1CCCC1)C(=O)c1cccc(N2CCO[C@H]([C@@H](O)C(=O)Nc3ccc(C4=NOOCN4)cc3)C2=O)c1. The number of nitrogens with zero attached hydrogens (tertiary/aromatic N) is 4. The van der Waals surface area contributed by atoms with Gasteiger partial charge >= 0.3 is 0 Å². The predicted octanol–water partition coefficient (Wildman–Crippen LogP) is 0.283. The van der Waals surface area contributed by atoms with E-state index in [2.05, 4.69) is 25.7 Å². The Morgan fingerprint density at radius 1 is 1.14 bits per heavy atom. The summed E-state index contributed by atoms with van der Waals surface area (Å²) >= 11 is 0. The number of nitrogens with one attached hydrogen (secondary N) is 2. The van der Waals surface area contributed by atoms with Gasteiger partial charge in [-0.15, -0.1) is 4.89 Å². The second-order valence-electron chi connectivity index (χ2n) is 10.0. The Morgan fingerprint density at radius 2 is 1.90 bits per heavy atom. The van der Waals surface area contributed by atoms with Crippen LogP contribution in [0.3, 0.4) is 0 Å². The Morgan fingerprint density at radius 3 is 2.62 bits per heavy atom. The molecule has 2 saturated heterocycles. The fourth-order valence-corrected chi connectivity index (χ4v) is 4.90. The molecule has 0 aliphatic carbocycles. The van der Waals surface area contributed by atoms with Gasteiger partial charge in [0.1, 0.15) is 0 Å². The van der Waals surface area contributed by atoms with Crippen LogP contribution >= 0.6 is 0 Å². The van der Waals surface area contributed by atoms with E-state index in [1.54, 1.807) is 60.5 Å². The number of ether oxygens (including phenoxy) is 1. The third-order valence-electron chi connectivity index (χ3n) is 7.17. The number of morpholine rings is 1. The van der Waals surface area contributed by atoms with Gasteiger partial charge in [0.05, 0.1) is 13.2 Å². The Bertz CT molecular complexity index is 1360. The Hall–Kier alpha value is -4.53. The molecule has 222 valence electrons. The van der Waals surface area contributed by atoms with Gasteiger partial charge in [-0.05, 0) is 60.5 Å². The zero-order valence-corrected chi connectivity index (χ0v) is 23.0. The molecule has 3 aliphatic heterocycles. The van der Waals surface area contributed by atoms with Crippen LogP contribution in [0.1, 0.15) is 28.8 Å². The van der Waals surface area contributed by atoms with E-state index in [1.165, 1.54) is 9.80 Å². The molecule has 5 rings (SSSR count). The molecule has 2 aromatic rings. The van der Waals surface area contributed by atoms with Crippen molar-refractivity contribution < 1.29 is 38.9 Å². The maximum atomic E-state index is 13.3. The van der Waals surface area contributed by atoms with Gasteiger partial charge in [-0.25, -0.2) is 4.99 Å². The number of aliphatic hydroxyl groups is 1. The molecule has 2 atom stereocenters. The number of amidine groups is 1. The summed E-state index contributed by atoms with van der Waals surface area (Å²) in [5.74, 6) is -1.45. The quantitative estimate of drug-likeness (QED) is 0.373. The van der Waals surface area contributed by atoms with Gasteiger partial charge in [0.15, 0.2) is 24.8 Å². The molecular weight excluding hydrogens is 548 g/mol. The molecule has 4 amide bonds. The van der Waals surface area contributed by atoms with Crippen LogP contribution < -0.4 is 15.5 Å². The Labute approximate surface area is 241 Å². The van der Waals surface area contributed by atoms with E-state index in [0.29, 0.717) is 41.4 Å². The van der Waals surface area contributed by atoms with Gasteiger partial charge in [0, 0.05) is 49.2 Å². The van der Waals surface area contributed by atoms with Crippen molar-refractivity contribution in [2.75, 3.05) is 56.8 Å². The minimum Gasteiger partial charge on any atom is -0.380 e. The Balaban J connectivity index is 1.21. The second-order valence-corrected chi connectivity index (χ2v) is 10.0. The van der Waals surface area contributed by atoms with E-state index in [4.69, 9.17) is 4.74 Å². The van der Waals surface area contributed by atoms with Crippen LogP contribution in [0.15, 0.2) is 53.7 Å². The largest absolute Gasteiger partial charge is 0.380 e. The first-order valence-corrected chi connectivity index (χ1v) is 13.6. The first-order valence-electron chi connectivity index (χ1n) is 13.6. The summed E-state index contributed by atoms with van der Waals surface area (Å²) in [5.41, 5.74) is 1.78. The van der Waals surface area contributed by atoms with Crippen LogP contribution in [-0.4, -0.2) is 103 Å². The molecule has 0 aromatic heterocycles. The smallest absolute Gasteiger partial charge is 0.259 e. The molecule has 2 aromatic carbocycles. The van der Waals surface area contributed by atoms with E-state index >= 15 is 0 Å². The summed E-state index contributed by atoms with van der Waals surface area (Å²) in [6.45, 7) is 1.73. The van der Waals surface area contributed by atoms with Crippen molar-refractivity contribution in [1.82, 2.24) is 15.1 Å². The van der Waals surface area contributed by atoms with Gasteiger partial charge in [0.25, 0.3) is 17.7 Å². The lowest BCUT2D eigenvalue weighted by Crippen LogP contribution is -2.55. The van der Waals surface area contributed by atoms with Crippen molar-refractivity contribution >= 4 is 40.8 Å². The van der Waals surface area contributed by atoms with Crippen molar-refractivity contribution in [3.63, 3.8) is 0 Å². The molecule has 3 N–H and O–H groups in total. The average molecular weight is 581 g/mol. The number of carbonyl (C=O) groups is 4. The van der Waals surface area contributed by atoms with Crippen LogP contribution in [0.5, 0.6) is 0 Å². The lowest BCUT2D eigenvalue weighted by Gasteiger charge is -2.34. The number of hydrogen-bond acceptors (Lipinski definition) is 10. The van der Waals surface area contributed by atoms with Crippen LogP contribution in [0.4, 0.5) is 11.4 Å². The number of hydrogen-bond donors (Lipinski definition) is 3. The lowest BCUT2D eigenvalue weighted by atomic mass is 10.1. The zero-order chi connectivity index (χ0) is 29.6. The lowest BCUT2D eigenvalue weighted by molar-refractivity contribution is -0.305. The highest BCUT2D eigenvalue weighted by Crippen LogP contribution is 2.23. The first-order chi connectivity index (χ1) is 20.3. The van der Waals surface area contributed by atoms with E-state index in [9.17, 15) is 24.3 Å². The van der Waals surface area contributed by atoms with Crippen molar-refractivity contribution in [2.24, 2.45) is 5.16 Å². The number of likely N-dealkylation sites (N-methyl/N-ethyl adjacent to an activating group) is 1. The molecule has 0 spiro atoms. The maximum absolute atomic E-state index is 13.3. The number of rotatable bonds is 8. The highest BCUT2D eigenvalue weighted by atomic mass is 17.3. The third-order valence-corrected chi connectivity index (χ3v) is 7.17. The van der Waals surface area contributed by atoms with E-state index in [-0.39, 0.29) is 38.2 Å². The number of benzene rings is 2. The summed E-state index contributed by atoms with van der Waals surface area (Å²) in [4.78, 5) is 65.4. The molecule has 2 fully saturated rings. The van der Waals surface area contributed by atoms with E-state index in [0.717, 1.165) is 12.8 Å². The van der Waals surface area contributed by atoms with E-state index in [1.807, 2.05) is 0 Å². The highest BCUT2D eigenvalue weighted by molar-refractivity contribution is 6.05. The van der Waals surface area contributed by atoms with Crippen molar-refractivity contribution in [2.45, 2.75) is 25.0 Å². The molecule has 0 unspecified atom stereocenters. The molecule has 14 heteroatoms. The molecular formula is C28H32N6O8. The molecule has 3 heterocycles. The second kappa shape index (κ2) is 13.0. The third kappa shape index (κ3) is 6.51. The maximum Gasteiger partial charge on any atom is 0.259 e. The summed E-state index contributed by atoms with van der Waals surface area (Å²) in [6, 6.07) is 13.0. The van der Waals surface area contributed by atoms with Crippen molar-refractivity contribution in [1.29, 1.82) is 0 Å². The highest BCUT2D eigenvalue weighted by Gasteiger charge is 2.39.